The summed E-state index contributed by atoms with van der Waals surface area (Å²) in [5.74, 6) is 0.269. The molecule has 0 spiro atoms. The first-order valence-corrected chi connectivity index (χ1v) is 9.60. The van der Waals surface area contributed by atoms with Crippen LogP contribution in [0.3, 0.4) is 0 Å². The fraction of sp³-hybridized carbons (Fsp3) is 0.316. The van der Waals surface area contributed by atoms with E-state index in [-0.39, 0.29) is 11.7 Å². The molecule has 25 heavy (non-hydrogen) atoms. The lowest BCUT2D eigenvalue weighted by Gasteiger charge is -2.17. The molecule has 0 atom stereocenters. The molecule has 130 valence electrons. The Kier molecular flexibility index (Phi) is 6.63. The van der Waals surface area contributed by atoms with Crippen molar-refractivity contribution in [2.75, 3.05) is 12.8 Å². The second-order valence-corrected chi connectivity index (χ2v) is 7.78. The number of benzene rings is 1. The molecular formula is C19H20BrN3OS. The van der Waals surface area contributed by atoms with Gasteiger partial charge >= 0.3 is 0 Å². The van der Waals surface area contributed by atoms with Gasteiger partial charge in [-0.05, 0) is 49.6 Å². The van der Waals surface area contributed by atoms with Crippen LogP contribution in [0, 0.1) is 32.1 Å². The van der Waals surface area contributed by atoms with Gasteiger partial charge in [-0.25, -0.2) is 4.98 Å². The fourth-order valence-corrected chi connectivity index (χ4v) is 3.63. The summed E-state index contributed by atoms with van der Waals surface area (Å²) in [6.45, 7) is 6.37. The molecule has 0 aliphatic rings. The first-order chi connectivity index (χ1) is 11.8. The minimum absolute atomic E-state index is 0.00879. The van der Waals surface area contributed by atoms with Crippen LogP contribution in [0.15, 0.2) is 33.8 Å². The molecule has 6 heteroatoms. The largest absolute Gasteiger partial charge is 0.341 e. The molecule has 2 aromatic rings. The van der Waals surface area contributed by atoms with Crippen LogP contribution in [0.4, 0.5) is 0 Å². The predicted molar refractivity (Wildman–Crippen MR) is 105 cm³/mol. The summed E-state index contributed by atoms with van der Waals surface area (Å²) >= 11 is 4.73. The number of thioether (sulfide) groups is 1. The number of nitrogens with zero attached hydrogens (tertiary/aromatic N) is 3. The third-order valence-electron chi connectivity index (χ3n) is 4.17. The van der Waals surface area contributed by atoms with E-state index in [1.54, 1.807) is 11.9 Å². The smallest absolute Gasteiger partial charge is 0.233 e. The zero-order chi connectivity index (χ0) is 18.6. The summed E-state index contributed by atoms with van der Waals surface area (Å²) in [5.41, 5.74) is 4.50. The van der Waals surface area contributed by atoms with Gasteiger partial charge < -0.3 is 4.90 Å². The molecule has 4 nitrogen and oxygen atoms in total. The first-order valence-electron chi connectivity index (χ1n) is 7.82. The fourth-order valence-electron chi connectivity index (χ4n) is 2.34. The Bertz CT molecular complexity index is 828. The van der Waals surface area contributed by atoms with E-state index in [2.05, 4.69) is 27.0 Å². The molecule has 1 aromatic heterocycles. The number of hydrogen-bond acceptors (Lipinski definition) is 4. The first kappa shape index (κ1) is 19.5. The Morgan fingerprint density at radius 2 is 1.88 bits per heavy atom. The van der Waals surface area contributed by atoms with E-state index in [0.29, 0.717) is 17.1 Å². The van der Waals surface area contributed by atoms with Crippen LogP contribution in [0.2, 0.25) is 0 Å². The highest BCUT2D eigenvalue weighted by Crippen LogP contribution is 2.26. The molecular weight excluding hydrogens is 398 g/mol. The standard InChI is InChI=1S/C19H20BrN3OS/c1-12-13(2)17(9-21)19(22-14(12)3)25-11-18(24)23(4)10-15-5-7-16(20)8-6-15/h5-8H,10-11H2,1-4H3. The van der Waals surface area contributed by atoms with Crippen LogP contribution >= 0.6 is 27.7 Å². The summed E-state index contributed by atoms with van der Waals surface area (Å²) in [7, 11) is 1.79. The van der Waals surface area contributed by atoms with E-state index in [1.807, 2.05) is 45.0 Å². The van der Waals surface area contributed by atoms with Gasteiger partial charge in [0.15, 0.2) is 0 Å². The summed E-state index contributed by atoms with van der Waals surface area (Å²) in [4.78, 5) is 18.6. The van der Waals surface area contributed by atoms with E-state index in [0.717, 1.165) is 26.9 Å². The average Bonchev–Trinajstić information content (AvgIpc) is 2.59. The van der Waals surface area contributed by atoms with Crippen LogP contribution in [0.5, 0.6) is 0 Å². The topological polar surface area (TPSA) is 57.0 Å². The van der Waals surface area contributed by atoms with Crippen LogP contribution in [0.1, 0.15) is 27.9 Å². The Hall–Kier alpha value is -1.84. The molecule has 1 amide bonds. The van der Waals surface area contributed by atoms with Crippen molar-refractivity contribution in [1.82, 2.24) is 9.88 Å². The van der Waals surface area contributed by atoms with Crippen molar-refractivity contribution in [3.63, 3.8) is 0 Å². The van der Waals surface area contributed by atoms with Crippen molar-refractivity contribution in [3.8, 4) is 6.07 Å². The molecule has 0 fully saturated rings. The maximum Gasteiger partial charge on any atom is 0.233 e. The monoisotopic (exact) mass is 417 g/mol. The van der Waals surface area contributed by atoms with Crippen molar-refractivity contribution in [2.45, 2.75) is 32.3 Å². The van der Waals surface area contributed by atoms with Gasteiger partial charge in [0.2, 0.25) is 5.91 Å². The molecule has 0 N–H and O–H groups in total. The lowest BCUT2D eigenvalue weighted by Crippen LogP contribution is -2.27. The lowest BCUT2D eigenvalue weighted by molar-refractivity contribution is -0.127. The molecule has 2 rings (SSSR count). The third kappa shape index (κ3) is 4.83. The quantitative estimate of drug-likeness (QED) is 0.676. The summed E-state index contributed by atoms with van der Waals surface area (Å²) < 4.78 is 1.01. The number of carbonyl (C=O) groups is 1. The Balaban J connectivity index is 2.04. The molecule has 0 aliphatic heterocycles. The van der Waals surface area contributed by atoms with E-state index in [4.69, 9.17) is 0 Å². The molecule has 0 saturated carbocycles. The number of nitriles is 1. The highest BCUT2D eigenvalue weighted by atomic mass is 79.9. The van der Waals surface area contributed by atoms with E-state index >= 15 is 0 Å². The number of carbonyl (C=O) groups excluding carboxylic acids is 1. The van der Waals surface area contributed by atoms with Crippen LogP contribution < -0.4 is 0 Å². The Labute approximate surface area is 161 Å². The number of rotatable bonds is 5. The minimum atomic E-state index is 0.00879. The Morgan fingerprint density at radius 3 is 2.48 bits per heavy atom. The highest BCUT2D eigenvalue weighted by Gasteiger charge is 2.16. The Morgan fingerprint density at radius 1 is 1.24 bits per heavy atom. The predicted octanol–water partition coefficient (Wildman–Crippen LogP) is 4.39. The second-order valence-electron chi connectivity index (χ2n) is 5.90. The third-order valence-corrected chi connectivity index (χ3v) is 5.66. The van der Waals surface area contributed by atoms with Crippen LogP contribution in [0.25, 0.3) is 0 Å². The molecule has 0 aliphatic carbocycles. The number of hydrogen-bond donors (Lipinski definition) is 0. The maximum atomic E-state index is 12.4. The van der Waals surface area contributed by atoms with Crippen molar-refractivity contribution >= 4 is 33.6 Å². The normalized spacial score (nSPS) is 10.4. The van der Waals surface area contributed by atoms with Gasteiger partial charge in [0.05, 0.1) is 11.3 Å². The highest BCUT2D eigenvalue weighted by molar-refractivity contribution is 9.10. The second kappa shape index (κ2) is 8.50. The maximum absolute atomic E-state index is 12.4. The van der Waals surface area contributed by atoms with Gasteiger partial charge in [-0.1, -0.05) is 39.8 Å². The van der Waals surface area contributed by atoms with E-state index in [9.17, 15) is 10.1 Å². The lowest BCUT2D eigenvalue weighted by atomic mass is 10.1. The summed E-state index contributed by atoms with van der Waals surface area (Å²) in [6.07, 6.45) is 0. The molecule has 0 bridgehead atoms. The number of aromatic nitrogens is 1. The SMILES string of the molecule is Cc1nc(SCC(=O)N(C)Cc2ccc(Br)cc2)c(C#N)c(C)c1C. The van der Waals surface area contributed by atoms with Crippen molar-refractivity contribution in [1.29, 1.82) is 5.26 Å². The van der Waals surface area contributed by atoms with E-state index in [1.165, 1.54) is 11.8 Å². The van der Waals surface area contributed by atoms with Gasteiger partial charge in [0.1, 0.15) is 11.1 Å². The van der Waals surface area contributed by atoms with E-state index < -0.39 is 0 Å². The van der Waals surface area contributed by atoms with Crippen molar-refractivity contribution in [3.05, 3.63) is 56.7 Å². The summed E-state index contributed by atoms with van der Waals surface area (Å²) in [6, 6.07) is 10.1. The number of aryl methyl sites for hydroxylation is 1. The van der Waals surface area contributed by atoms with Crippen LogP contribution in [-0.2, 0) is 11.3 Å². The number of amides is 1. The van der Waals surface area contributed by atoms with Gasteiger partial charge in [-0.2, -0.15) is 5.26 Å². The van der Waals surface area contributed by atoms with Gasteiger partial charge in [-0.3, -0.25) is 4.79 Å². The van der Waals surface area contributed by atoms with Gasteiger partial charge in [0.25, 0.3) is 0 Å². The molecule has 0 radical (unpaired) electrons. The van der Waals surface area contributed by atoms with Crippen molar-refractivity contribution in [2.24, 2.45) is 0 Å². The molecule has 1 aromatic carbocycles. The zero-order valence-electron chi connectivity index (χ0n) is 14.8. The van der Waals surface area contributed by atoms with Crippen LogP contribution in [-0.4, -0.2) is 28.6 Å². The zero-order valence-corrected chi connectivity index (χ0v) is 17.2. The average molecular weight is 418 g/mol. The number of pyridine rings is 1. The summed E-state index contributed by atoms with van der Waals surface area (Å²) in [5, 5.41) is 10.0. The minimum Gasteiger partial charge on any atom is -0.341 e. The van der Waals surface area contributed by atoms with Gasteiger partial charge in [-0.15, -0.1) is 0 Å². The van der Waals surface area contributed by atoms with Gasteiger partial charge in [0, 0.05) is 23.8 Å². The molecule has 0 unspecified atom stereocenters. The molecule has 1 heterocycles. The molecule has 0 saturated heterocycles. The number of halogens is 1. The van der Waals surface area contributed by atoms with Crippen molar-refractivity contribution < 1.29 is 4.79 Å².